The molecule has 2 amide bonds. The zero-order chi connectivity index (χ0) is 26.4. The van der Waals surface area contributed by atoms with Gasteiger partial charge in [-0.3, -0.25) is 14.5 Å². The maximum absolute atomic E-state index is 13.1. The Bertz CT molecular complexity index is 1270. The number of amidine groups is 1. The molecule has 1 N–H and O–H groups in total. The number of hydrogen-bond donors (Lipinski definition) is 1. The Balaban J connectivity index is 1.48. The topological polar surface area (TPSA) is 71.0 Å². The summed E-state index contributed by atoms with van der Waals surface area (Å²) in [4.78, 5) is 32.4. The molecule has 0 bridgehead atoms. The third-order valence-electron chi connectivity index (χ3n) is 5.31. The highest BCUT2D eigenvalue weighted by Gasteiger charge is 2.36. The lowest BCUT2D eigenvalue weighted by Crippen LogP contribution is -2.46. The van der Waals surface area contributed by atoms with Crippen LogP contribution in [0.1, 0.15) is 12.0 Å². The minimum Gasteiger partial charge on any atom is -0.420 e. The molecule has 6 nitrogen and oxygen atoms in total. The first-order valence-electron chi connectivity index (χ1n) is 11.2. The van der Waals surface area contributed by atoms with Crippen LogP contribution in [0.5, 0.6) is 5.75 Å². The summed E-state index contributed by atoms with van der Waals surface area (Å²) in [5.74, 6) is -0.794. The molecule has 1 saturated heterocycles. The number of carbonyl (C=O) groups is 2. The maximum atomic E-state index is 13.1. The van der Waals surface area contributed by atoms with E-state index in [4.69, 9.17) is 23.2 Å². The summed E-state index contributed by atoms with van der Waals surface area (Å²) >= 11 is 11.9. The van der Waals surface area contributed by atoms with E-state index in [1.807, 2.05) is 42.5 Å². The number of amides is 2. The molecule has 0 aromatic heterocycles. The monoisotopic (exact) mass is 563 g/mol. The van der Waals surface area contributed by atoms with Gasteiger partial charge in [-0.15, -0.1) is 8.78 Å². The molecule has 4 rings (SSSR count). The molecule has 1 fully saturated rings. The first-order chi connectivity index (χ1) is 17.7. The quantitative estimate of drug-likeness (QED) is 0.309. The zero-order valence-corrected chi connectivity index (χ0v) is 21.6. The predicted octanol–water partition coefficient (Wildman–Crippen LogP) is 6.71. The number of benzene rings is 3. The number of nitrogens with one attached hydrogen (secondary N) is 1. The van der Waals surface area contributed by atoms with Gasteiger partial charge in [-0.1, -0.05) is 53.7 Å². The number of thioether (sulfide) groups is 1. The summed E-state index contributed by atoms with van der Waals surface area (Å²) in [6.45, 7) is 0.389. The number of alkyl halides is 3. The third kappa shape index (κ3) is 7.92. The highest BCUT2D eigenvalue weighted by Crippen LogP contribution is 2.31. The summed E-state index contributed by atoms with van der Waals surface area (Å²) in [5.41, 5.74) is -1.81. The van der Waals surface area contributed by atoms with Crippen molar-refractivity contribution in [3.8, 4) is 5.75 Å². The van der Waals surface area contributed by atoms with Crippen LogP contribution in [0.4, 0.5) is 20.2 Å². The molecule has 0 radical (unpaired) electrons. The summed E-state index contributed by atoms with van der Waals surface area (Å²) < 4.78 is 29.9. The van der Waals surface area contributed by atoms with Crippen LogP contribution >= 0.6 is 35.0 Å². The Kier molecular flexibility index (Phi) is 8.68. The van der Waals surface area contributed by atoms with Gasteiger partial charge in [0.05, 0.1) is 5.69 Å². The Morgan fingerprint density at radius 2 is 1.76 bits per heavy atom. The van der Waals surface area contributed by atoms with E-state index in [-0.39, 0.29) is 18.1 Å². The third-order valence-corrected chi connectivity index (χ3v) is 6.82. The fraction of sp³-hybridized carbons (Fsp3) is 0.192. The molecule has 1 aliphatic heterocycles. The van der Waals surface area contributed by atoms with E-state index in [0.717, 1.165) is 5.56 Å². The Morgan fingerprint density at radius 1 is 1.08 bits per heavy atom. The van der Waals surface area contributed by atoms with E-state index in [1.165, 1.54) is 36.0 Å². The van der Waals surface area contributed by atoms with Gasteiger partial charge < -0.3 is 10.1 Å². The molecule has 1 atom stereocenters. The molecule has 37 heavy (non-hydrogen) atoms. The van der Waals surface area contributed by atoms with Crippen molar-refractivity contribution < 1.29 is 23.1 Å². The van der Waals surface area contributed by atoms with Crippen LogP contribution in [0.15, 0.2) is 83.9 Å². The van der Waals surface area contributed by atoms with Crippen LogP contribution in [-0.4, -0.2) is 39.2 Å². The predicted molar refractivity (Wildman–Crippen MR) is 143 cm³/mol. The van der Waals surface area contributed by atoms with Gasteiger partial charge in [0.1, 0.15) is 11.0 Å². The Labute approximate surface area is 226 Å². The molecule has 3 aromatic rings. The standard InChI is InChI=1S/C26H21Cl2F2N3O3S/c27-18-8-6-17(7-9-18)14-15-33-23(34)16-22(37-25(33)32-19-4-2-1-3-5-19)24(35)31-20-10-12-21(13-11-20)36-26(28,29)30/h1-13,22H,14-16H2,(H,31,35). The van der Waals surface area contributed by atoms with Crippen molar-refractivity contribution in [1.82, 2.24) is 4.90 Å². The van der Waals surface area contributed by atoms with Crippen LogP contribution in [0.25, 0.3) is 0 Å². The second kappa shape index (κ2) is 11.9. The van der Waals surface area contributed by atoms with Crippen LogP contribution in [0.2, 0.25) is 5.02 Å². The first-order valence-corrected chi connectivity index (χ1v) is 12.8. The van der Waals surface area contributed by atoms with Crippen molar-refractivity contribution in [3.63, 3.8) is 0 Å². The van der Waals surface area contributed by atoms with Crippen molar-refractivity contribution in [2.45, 2.75) is 23.7 Å². The van der Waals surface area contributed by atoms with Crippen LogP contribution in [0.3, 0.4) is 0 Å². The minimum absolute atomic E-state index is 0.0232. The zero-order valence-electron chi connectivity index (χ0n) is 19.2. The second-order valence-electron chi connectivity index (χ2n) is 8.02. The number of anilines is 1. The number of aliphatic imine (C=N–C) groups is 1. The van der Waals surface area contributed by atoms with Gasteiger partial charge in [-0.2, -0.15) is 0 Å². The molecular formula is C26H21Cl2F2N3O3S. The average Bonchev–Trinajstić information content (AvgIpc) is 2.85. The molecule has 0 saturated carbocycles. The van der Waals surface area contributed by atoms with Gasteiger partial charge in [0.2, 0.25) is 11.8 Å². The molecule has 0 spiro atoms. The number of ether oxygens (including phenoxy) is 1. The Morgan fingerprint density at radius 3 is 2.41 bits per heavy atom. The van der Waals surface area contributed by atoms with Crippen molar-refractivity contribution >= 4 is 63.3 Å². The lowest BCUT2D eigenvalue weighted by Gasteiger charge is -2.32. The minimum atomic E-state index is -3.84. The highest BCUT2D eigenvalue weighted by atomic mass is 35.5. The maximum Gasteiger partial charge on any atom is 0.487 e. The van der Waals surface area contributed by atoms with Gasteiger partial charge in [0.15, 0.2) is 5.17 Å². The van der Waals surface area contributed by atoms with Gasteiger partial charge in [0, 0.05) is 35.3 Å². The number of nitrogens with zero attached hydrogens (tertiary/aromatic N) is 2. The van der Waals surface area contributed by atoms with E-state index in [2.05, 4.69) is 15.0 Å². The van der Waals surface area contributed by atoms with Crippen LogP contribution in [-0.2, 0) is 16.0 Å². The number of carbonyl (C=O) groups excluding carboxylic acids is 2. The number of rotatable bonds is 8. The molecule has 1 heterocycles. The van der Waals surface area contributed by atoms with Gasteiger partial charge >= 0.3 is 5.57 Å². The van der Waals surface area contributed by atoms with E-state index >= 15 is 0 Å². The van der Waals surface area contributed by atoms with E-state index in [0.29, 0.717) is 34.5 Å². The van der Waals surface area contributed by atoms with Gasteiger partial charge in [0.25, 0.3) is 0 Å². The lowest BCUT2D eigenvalue weighted by molar-refractivity contribution is -0.129. The smallest absolute Gasteiger partial charge is 0.420 e. The number of para-hydroxylation sites is 1. The van der Waals surface area contributed by atoms with E-state index in [9.17, 15) is 18.4 Å². The fourth-order valence-electron chi connectivity index (χ4n) is 3.53. The van der Waals surface area contributed by atoms with Crippen LogP contribution < -0.4 is 10.1 Å². The second-order valence-corrected chi connectivity index (χ2v) is 10.1. The molecule has 1 unspecified atom stereocenters. The van der Waals surface area contributed by atoms with E-state index in [1.54, 1.807) is 17.0 Å². The lowest BCUT2D eigenvalue weighted by atomic mass is 10.1. The highest BCUT2D eigenvalue weighted by molar-refractivity contribution is 8.15. The van der Waals surface area contributed by atoms with Gasteiger partial charge in [-0.05, 0) is 60.5 Å². The van der Waals surface area contributed by atoms with Crippen molar-refractivity contribution in [1.29, 1.82) is 0 Å². The van der Waals surface area contributed by atoms with Crippen molar-refractivity contribution in [2.24, 2.45) is 4.99 Å². The number of halogens is 4. The summed E-state index contributed by atoms with van der Waals surface area (Å²) in [5, 5.41) is 3.03. The molecule has 3 aromatic carbocycles. The Hall–Kier alpha value is -3.14. The van der Waals surface area contributed by atoms with Gasteiger partial charge in [-0.25, -0.2) is 4.99 Å². The van der Waals surface area contributed by atoms with Crippen molar-refractivity contribution in [3.05, 3.63) is 89.4 Å². The first kappa shape index (κ1) is 26.9. The summed E-state index contributed by atoms with van der Waals surface area (Å²) in [7, 11) is 0. The fourth-order valence-corrected chi connectivity index (χ4v) is 4.87. The SMILES string of the molecule is O=C(Nc1ccc(OC(F)(F)Cl)cc1)C1CC(=O)N(CCc2ccc(Cl)cc2)C(=Nc2ccccc2)S1. The molecular weight excluding hydrogens is 543 g/mol. The molecule has 1 aliphatic rings. The molecule has 11 heteroatoms. The van der Waals surface area contributed by atoms with Crippen molar-refractivity contribution in [2.75, 3.05) is 11.9 Å². The summed E-state index contributed by atoms with van der Waals surface area (Å²) in [6, 6.07) is 21.9. The normalized spacial score (nSPS) is 17.1. The van der Waals surface area contributed by atoms with Crippen LogP contribution in [0, 0.1) is 0 Å². The average molecular weight is 564 g/mol. The largest absolute Gasteiger partial charge is 0.487 e. The molecule has 192 valence electrons. The number of hydrogen-bond acceptors (Lipinski definition) is 5. The summed E-state index contributed by atoms with van der Waals surface area (Å²) in [6.07, 6.45) is 0.564. The molecule has 0 aliphatic carbocycles. The van der Waals surface area contributed by atoms with E-state index < -0.39 is 16.7 Å².